The monoisotopic (exact) mass is 422 g/mol. The van der Waals surface area contributed by atoms with Crippen LogP contribution >= 0.6 is 0 Å². The van der Waals surface area contributed by atoms with Crippen molar-refractivity contribution in [3.05, 3.63) is 47.9 Å². The van der Waals surface area contributed by atoms with Crippen LogP contribution in [0, 0.1) is 6.92 Å². The Kier molecular flexibility index (Phi) is 6.24. The van der Waals surface area contributed by atoms with Crippen LogP contribution in [0.25, 0.3) is 22.6 Å². The number of ether oxygens (including phenoxy) is 1. The summed E-state index contributed by atoms with van der Waals surface area (Å²) in [5.74, 6) is 0.0711. The number of aryl methyl sites for hydroxylation is 2. The van der Waals surface area contributed by atoms with Crippen LogP contribution in [-0.4, -0.2) is 70.2 Å². The van der Waals surface area contributed by atoms with Crippen LogP contribution < -0.4 is 10.2 Å². The Bertz CT molecular complexity index is 1070. The number of nitrogens with zero attached hydrogens (tertiary/aromatic N) is 5. The number of rotatable bonds is 6. The lowest BCUT2D eigenvalue weighted by Gasteiger charge is -2.29. The van der Waals surface area contributed by atoms with E-state index in [1.807, 2.05) is 26.2 Å². The average Bonchev–Trinajstić information content (AvgIpc) is 3.24. The number of hydrogen-bond acceptors (Lipinski definition) is 7. The molecule has 1 fully saturated rings. The Morgan fingerprint density at radius 3 is 2.71 bits per heavy atom. The standard InChI is InChI=1S/C22H26N6O3/c1-15-11-17(28-6-9-31-10-7-28)3-4-18(15)19-12-20(22(30)23-5-8-29)26-21(25-19)16-13-24-27(2)14-16/h3-4,11-14,29H,5-10H2,1-2H3,(H,23,30). The fraction of sp³-hybridized carbons (Fsp3) is 0.364. The second kappa shape index (κ2) is 9.23. The fourth-order valence-corrected chi connectivity index (χ4v) is 3.58. The minimum absolute atomic E-state index is 0.138. The maximum absolute atomic E-state index is 12.6. The summed E-state index contributed by atoms with van der Waals surface area (Å²) in [5, 5.41) is 15.9. The van der Waals surface area contributed by atoms with Crippen LogP contribution in [0.5, 0.6) is 0 Å². The molecule has 1 aromatic carbocycles. The van der Waals surface area contributed by atoms with E-state index in [4.69, 9.17) is 14.8 Å². The van der Waals surface area contributed by atoms with Gasteiger partial charge in [-0.15, -0.1) is 0 Å². The van der Waals surface area contributed by atoms with Crippen molar-refractivity contribution in [3.63, 3.8) is 0 Å². The highest BCUT2D eigenvalue weighted by atomic mass is 16.5. The summed E-state index contributed by atoms with van der Waals surface area (Å²) < 4.78 is 7.11. The highest BCUT2D eigenvalue weighted by molar-refractivity contribution is 5.94. The second-order valence-electron chi connectivity index (χ2n) is 7.44. The molecule has 162 valence electrons. The van der Waals surface area contributed by atoms with Gasteiger partial charge in [0.2, 0.25) is 0 Å². The van der Waals surface area contributed by atoms with E-state index >= 15 is 0 Å². The van der Waals surface area contributed by atoms with Crippen molar-refractivity contribution in [3.8, 4) is 22.6 Å². The van der Waals surface area contributed by atoms with Gasteiger partial charge in [0.1, 0.15) is 5.69 Å². The minimum atomic E-state index is -0.356. The molecule has 1 amide bonds. The number of nitrogens with one attached hydrogen (secondary N) is 1. The molecule has 2 aromatic heterocycles. The fourth-order valence-electron chi connectivity index (χ4n) is 3.58. The van der Waals surface area contributed by atoms with Crippen LogP contribution in [-0.2, 0) is 11.8 Å². The summed E-state index contributed by atoms with van der Waals surface area (Å²) in [4.78, 5) is 24.0. The SMILES string of the molecule is Cc1cc(N2CCOCC2)ccc1-c1cc(C(=O)NCCO)nc(-c2cnn(C)c2)n1. The number of carbonyl (C=O) groups excluding carboxylic acids is 1. The minimum Gasteiger partial charge on any atom is -0.395 e. The van der Waals surface area contributed by atoms with Gasteiger partial charge in [0.25, 0.3) is 5.91 Å². The van der Waals surface area contributed by atoms with Gasteiger partial charge in [-0.25, -0.2) is 9.97 Å². The number of hydrogen-bond donors (Lipinski definition) is 2. The Balaban J connectivity index is 1.73. The molecular weight excluding hydrogens is 396 g/mol. The Hall–Kier alpha value is -3.30. The first kappa shape index (κ1) is 21.0. The molecule has 0 atom stereocenters. The predicted octanol–water partition coefficient (Wildman–Crippen LogP) is 1.41. The molecule has 0 radical (unpaired) electrons. The molecule has 0 unspecified atom stereocenters. The number of benzene rings is 1. The van der Waals surface area contributed by atoms with Crippen LogP contribution in [0.4, 0.5) is 5.69 Å². The van der Waals surface area contributed by atoms with Crippen LogP contribution in [0.2, 0.25) is 0 Å². The third-order valence-corrected chi connectivity index (χ3v) is 5.18. The van der Waals surface area contributed by atoms with Crippen molar-refractivity contribution < 1.29 is 14.6 Å². The molecule has 0 bridgehead atoms. The highest BCUT2D eigenvalue weighted by Crippen LogP contribution is 2.28. The predicted molar refractivity (Wildman–Crippen MR) is 117 cm³/mol. The summed E-state index contributed by atoms with van der Waals surface area (Å²) in [7, 11) is 1.82. The van der Waals surface area contributed by atoms with Crippen molar-refractivity contribution in [1.29, 1.82) is 0 Å². The summed E-state index contributed by atoms with van der Waals surface area (Å²) in [6.07, 6.45) is 3.48. The van der Waals surface area contributed by atoms with E-state index in [9.17, 15) is 4.79 Å². The number of aliphatic hydroxyl groups excluding tert-OH is 1. The topological polar surface area (TPSA) is 105 Å². The third-order valence-electron chi connectivity index (χ3n) is 5.18. The first-order chi connectivity index (χ1) is 15.0. The van der Waals surface area contributed by atoms with Gasteiger partial charge in [-0.05, 0) is 30.7 Å². The molecule has 0 aliphatic carbocycles. The summed E-state index contributed by atoms with van der Waals surface area (Å²) in [6, 6.07) is 7.93. The van der Waals surface area contributed by atoms with Gasteiger partial charge in [0.05, 0.1) is 37.3 Å². The number of anilines is 1. The first-order valence-electron chi connectivity index (χ1n) is 10.3. The number of aromatic nitrogens is 4. The van der Waals surface area contributed by atoms with Crippen molar-refractivity contribution in [1.82, 2.24) is 25.1 Å². The van der Waals surface area contributed by atoms with E-state index in [2.05, 4.69) is 32.4 Å². The van der Waals surface area contributed by atoms with E-state index in [0.29, 0.717) is 11.5 Å². The lowest BCUT2D eigenvalue weighted by atomic mass is 10.0. The Morgan fingerprint density at radius 2 is 2.03 bits per heavy atom. The number of amides is 1. The number of morpholine rings is 1. The van der Waals surface area contributed by atoms with Gasteiger partial charge in [0, 0.05) is 44.1 Å². The van der Waals surface area contributed by atoms with E-state index in [-0.39, 0.29) is 24.8 Å². The van der Waals surface area contributed by atoms with E-state index in [1.165, 1.54) is 0 Å². The zero-order chi connectivity index (χ0) is 21.8. The zero-order valence-corrected chi connectivity index (χ0v) is 17.7. The van der Waals surface area contributed by atoms with Gasteiger partial charge in [-0.1, -0.05) is 6.07 Å². The molecular formula is C22H26N6O3. The molecule has 0 spiro atoms. The number of aliphatic hydroxyl groups is 1. The largest absolute Gasteiger partial charge is 0.395 e. The molecule has 9 nitrogen and oxygen atoms in total. The molecule has 2 N–H and O–H groups in total. The van der Waals surface area contributed by atoms with E-state index in [1.54, 1.807) is 16.9 Å². The van der Waals surface area contributed by atoms with Crippen molar-refractivity contribution in [2.24, 2.45) is 7.05 Å². The van der Waals surface area contributed by atoms with Gasteiger partial charge >= 0.3 is 0 Å². The highest BCUT2D eigenvalue weighted by Gasteiger charge is 2.17. The molecule has 0 saturated carbocycles. The summed E-state index contributed by atoms with van der Waals surface area (Å²) in [6.45, 7) is 5.26. The van der Waals surface area contributed by atoms with Crippen LogP contribution in [0.1, 0.15) is 16.1 Å². The molecule has 31 heavy (non-hydrogen) atoms. The van der Waals surface area contributed by atoms with Crippen LogP contribution in [0.3, 0.4) is 0 Å². The lowest BCUT2D eigenvalue weighted by molar-refractivity contribution is 0.0939. The van der Waals surface area contributed by atoms with Crippen molar-refractivity contribution in [2.75, 3.05) is 44.4 Å². The summed E-state index contributed by atoms with van der Waals surface area (Å²) in [5.41, 5.74) is 4.76. The molecule has 1 saturated heterocycles. The molecule has 3 heterocycles. The molecule has 1 aliphatic heterocycles. The molecule has 1 aliphatic rings. The average molecular weight is 422 g/mol. The van der Waals surface area contributed by atoms with Gasteiger partial charge in [0.15, 0.2) is 5.82 Å². The lowest BCUT2D eigenvalue weighted by Crippen LogP contribution is -2.36. The third kappa shape index (κ3) is 4.73. The smallest absolute Gasteiger partial charge is 0.270 e. The van der Waals surface area contributed by atoms with Gasteiger partial charge in [-0.2, -0.15) is 5.10 Å². The first-order valence-corrected chi connectivity index (χ1v) is 10.3. The zero-order valence-electron chi connectivity index (χ0n) is 17.7. The number of carbonyl (C=O) groups is 1. The van der Waals surface area contributed by atoms with Crippen molar-refractivity contribution >= 4 is 11.6 Å². The maximum Gasteiger partial charge on any atom is 0.270 e. The van der Waals surface area contributed by atoms with Gasteiger partial charge in [-0.3, -0.25) is 9.48 Å². The Morgan fingerprint density at radius 1 is 1.23 bits per heavy atom. The molecule has 9 heteroatoms. The normalized spacial score (nSPS) is 14.0. The second-order valence-corrected chi connectivity index (χ2v) is 7.44. The van der Waals surface area contributed by atoms with E-state index < -0.39 is 0 Å². The van der Waals surface area contributed by atoms with Gasteiger partial charge < -0.3 is 20.1 Å². The summed E-state index contributed by atoms with van der Waals surface area (Å²) >= 11 is 0. The van der Waals surface area contributed by atoms with Crippen LogP contribution in [0.15, 0.2) is 36.7 Å². The van der Waals surface area contributed by atoms with E-state index in [0.717, 1.165) is 48.7 Å². The molecule has 3 aromatic rings. The quantitative estimate of drug-likeness (QED) is 0.619. The molecule has 4 rings (SSSR count). The maximum atomic E-state index is 12.6. The van der Waals surface area contributed by atoms with Crippen molar-refractivity contribution in [2.45, 2.75) is 6.92 Å². The Labute approximate surface area is 180 Å².